The van der Waals surface area contributed by atoms with Crippen molar-refractivity contribution in [2.75, 3.05) is 5.32 Å². The van der Waals surface area contributed by atoms with Crippen LogP contribution in [0.4, 0.5) is 5.13 Å². The number of anilines is 1. The van der Waals surface area contributed by atoms with E-state index >= 15 is 0 Å². The van der Waals surface area contributed by atoms with Crippen molar-refractivity contribution < 1.29 is 4.79 Å². The molecular formula is C23H24N2OS. The molecule has 0 bridgehead atoms. The predicted molar refractivity (Wildman–Crippen MR) is 115 cm³/mol. The Morgan fingerprint density at radius 3 is 2.33 bits per heavy atom. The van der Waals surface area contributed by atoms with E-state index in [2.05, 4.69) is 62.3 Å². The Hall–Kier alpha value is -2.72. The zero-order valence-corrected chi connectivity index (χ0v) is 16.9. The number of aromatic nitrogens is 1. The summed E-state index contributed by atoms with van der Waals surface area (Å²) in [5.41, 5.74) is 5.53. The van der Waals surface area contributed by atoms with Crippen LogP contribution < -0.4 is 5.32 Å². The Bertz CT molecular complexity index is 945. The first-order valence-corrected chi connectivity index (χ1v) is 9.81. The molecule has 1 heterocycles. The van der Waals surface area contributed by atoms with Gasteiger partial charge in [0.05, 0.1) is 5.69 Å². The van der Waals surface area contributed by atoms with Crippen molar-refractivity contribution >= 4 is 28.5 Å². The summed E-state index contributed by atoms with van der Waals surface area (Å²) >= 11 is 1.43. The second-order valence-corrected chi connectivity index (χ2v) is 8.46. The predicted octanol–water partition coefficient (Wildman–Crippen LogP) is 6.07. The SMILES string of the molecule is Cc1ccc(-c2csc(NC(=O)/C=C/c3ccc(C(C)(C)C)cc3)n2)cc1. The van der Waals surface area contributed by atoms with Crippen LogP contribution in [0.15, 0.2) is 60.0 Å². The van der Waals surface area contributed by atoms with E-state index in [1.807, 2.05) is 35.7 Å². The van der Waals surface area contributed by atoms with Crippen LogP contribution >= 0.6 is 11.3 Å². The lowest BCUT2D eigenvalue weighted by molar-refractivity contribution is -0.111. The fourth-order valence-electron chi connectivity index (χ4n) is 2.60. The maximum atomic E-state index is 12.2. The Balaban J connectivity index is 1.62. The van der Waals surface area contributed by atoms with Gasteiger partial charge in [-0.1, -0.05) is 74.9 Å². The number of aryl methyl sites for hydroxylation is 1. The molecule has 0 spiro atoms. The molecule has 0 atom stereocenters. The first-order chi connectivity index (χ1) is 12.8. The number of hydrogen-bond acceptors (Lipinski definition) is 3. The minimum Gasteiger partial charge on any atom is -0.298 e. The first-order valence-electron chi connectivity index (χ1n) is 8.93. The number of nitrogens with one attached hydrogen (secondary N) is 1. The second kappa shape index (κ2) is 7.89. The minimum atomic E-state index is -0.181. The summed E-state index contributed by atoms with van der Waals surface area (Å²) in [6.07, 6.45) is 3.36. The number of hydrogen-bond donors (Lipinski definition) is 1. The van der Waals surface area contributed by atoms with Gasteiger partial charge in [0.15, 0.2) is 5.13 Å². The van der Waals surface area contributed by atoms with Crippen molar-refractivity contribution in [3.63, 3.8) is 0 Å². The highest BCUT2D eigenvalue weighted by Crippen LogP contribution is 2.25. The number of rotatable bonds is 4. The summed E-state index contributed by atoms with van der Waals surface area (Å²) in [5.74, 6) is -0.181. The van der Waals surface area contributed by atoms with Crippen LogP contribution in [0.1, 0.15) is 37.5 Å². The molecule has 0 saturated carbocycles. The molecule has 0 fully saturated rings. The van der Waals surface area contributed by atoms with Gasteiger partial charge in [-0.05, 0) is 29.5 Å². The van der Waals surface area contributed by atoms with Crippen molar-refractivity contribution in [3.8, 4) is 11.3 Å². The highest BCUT2D eigenvalue weighted by molar-refractivity contribution is 7.14. The van der Waals surface area contributed by atoms with Crippen molar-refractivity contribution in [2.24, 2.45) is 0 Å². The van der Waals surface area contributed by atoms with Gasteiger partial charge in [0.2, 0.25) is 5.91 Å². The molecule has 27 heavy (non-hydrogen) atoms. The van der Waals surface area contributed by atoms with Crippen LogP contribution in [-0.2, 0) is 10.2 Å². The fraction of sp³-hybridized carbons (Fsp3) is 0.217. The normalized spacial score (nSPS) is 11.7. The number of amides is 1. The van der Waals surface area contributed by atoms with Crippen LogP contribution in [0.2, 0.25) is 0 Å². The van der Waals surface area contributed by atoms with E-state index in [0.29, 0.717) is 5.13 Å². The monoisotopic (exact) mass is 376 g/mol. The van der Waals surface area contributed by atoms with Crippen LogP contribution in [0.5, 0.6) is 0 Å². The van der Waals surface area contributed by atoms with Gasteiger partial charge >= 0.3 is 0 Å². The van der Waals surface area contributed by atoms with E-state index in [-0.39, 0.29) is 11.3 Å². The van der Waals surface area contributed by atoms with Crippen molar-refractivity contribution in [1.82, 2.24) is 4.98 Å². The molecule has 3 aromatic rings. The molecule has 1 aromatic heterocycles. The topological polar surface area (TPSA) is 42.0 Å². The number of carbonyl (C=O) groups is 1. The minimum absolute atomic E-state index is 0.125. The van der Waals surface area contributed by atoms with E-state index < -0.39 is 0 Å². The lowest BCUT2D eigenvalue weighted by Gasteiger charge is -2.18. The number of carbonyl (C=O) groups excluding carboxylic acids is 1. The summed E-state index contributed by atoms with van der Waals surface area (Å²) in [7, 11) is 0. The lowest BCUT2D eigenvalue weighted by atomic mass is 9.87. The molecule has 1 amide bonds. The Labute approximate surface area is 164 Å². The fourth-order valence-corrected chi connectivity index (χ4v) is 3.32. The van der Waals surface area contributed by atoms with E-state index in [9.17, 15) is 4.79 Å². The first kappa shape index (κ1) is 19.1. The van der Waals surface area contributed by atoms with Crippen molar-refractivity contribution in [2.45, 2.75) is 33.1 Å². The molecule has 0 unspecified atom stereocenters. The molecule has 4 heteroatoms. The second-order valence-electron chi connectivity index (χ2n) is 7.60. The van der Waals surface area contributed by atoms with Crippen molar-refractivity contribution in [3.05, 3.63) is 76.7 Å². The van der Waals surface area contributed by atoms with Gasteiger partial charge in [-0.15, -0.1) is 11.3 Å². The molecule has 0 aliphatic carbocycles. The summed E-state index contributed by atoms with van der Waals surface area (Å²) in [5, 5.41) is 5.38. The zero-order chi connectivity index (χ0) is 19.4. The van der Waals surface area contributed by atoms with Crippen molar-refractivity contribution in [1.29, 1.82) is 0 Å². The maximum Gasteiger partial charge on any atom is 0.250 e. The molecule has 1 N–H and O–H groups in total. The Kier molecular flexibility index (Phi) is 5.57. The van der Waals surface area contributed by atoms with E-state index in [0.717, 1.165) is 16.8 Å². The largest absolute Gasteiger partial charge is 0.298 e. The number of benzene rings is 2. The van der Waals surface area contributed by atoms with Gasteiger partial charge in [-0.2, -0.15) is 0 Å². The highest BCUT2D eigenvalue weighted by Gasteiger charge is 2.12. The molecule has 3 rings (SSSR count). The molecule has 0 aliphatic heterocycles. The molecule has 0 radical (unpaired) electrons. The smallest absolute Gasteiger partial charge is 0.250 e. The van der Waals surface area contributed by atoms with Gasteiger partial charge in [-0.3, -0.25) is 10.1 Å². The van der Waals surface area contributed by atoms with Crippen LogP contribution in [0.25, 0.3) is 17.3 Å². The average Bonchev–Trinajstić information content (AvgIpc) is 3.08. The molecule has 138 valence electrons. The van der Waals surface area contributed by atoms with Gasteiger partial charge in [0, 0.05) is 17.0 Å². The van der Waals surface area contributed by atoms with Gasteiger partial charge in [0.1, 0.15) is 0 Å². The third kappa shape index (κ3) is 5.14. The average molecular weight is 377 g/mol. The third-order valence-corrected chi connectivity index (χ3v) is 5.04. The summed E-state index contributed by atoms with van der Waals surface area (Å²) in [4.78, 5) is 16.7. The molecule has 2 aromatic carbocycles. The quantitative estimate of drug-likeness (QED) is 0.562. The van der Waals surface area contributed by atoms with Gasteiger partial charge in [0.25, 0.3) is 0 Å². The van der Waals surface area contributed by atoms with E-state index in [1.165, 1.54) is 22.5 Å². The molecular weight excluding hydrogens is 352 g/mol. The number of thiazole rings is 1. The van der Waals surface area contributed by atoms with E-state index in [4.69, 9.17) is 0 Å². The molecule has 0 aliphatic rings. The Morgan fingerprint density at radius 2 is 1.70 bits per heavy atom. The maximum absolute atomic E-state index is 12.2. The highest BCUT2D eigenvalue weighted by atomic mass is 32.1. The van der Waals surface area contributed by atoms with Gasteiger partial charge < -0.3 is 0 Å². The van der Waals surface area contributed by atoms with Crippen LogP contribution in [0, 0.1) is 6.92 Å². The summed E-state index contributed by atoms with van der Waals surface area (Å²) < 4.78 is 0. The number of nitrogens with zero attached hydrogens (tertiary/aromatic N) is 1. The lowest BCUT2D eigenvalue weighted by Crippen LogP contribution is -2.10. The zero-order valence-electron chi connectivity index (χ0n) is 16.1. The molecule has 0 saturated heterocycles. The summed E-state index contributed by atoms with van der Waals surface area (Å²) in [6, 6.07) is 16.5. The van der Waals surface area contributed by atoms with Crippen LogP contribution in [-0.4, -0.2) is 10.9 Å². The summed E-state index contributed by atoms with van der Waals surface area (Å²) in [6.45, 7) is 8.61. The van der Waals surface area contributed by atoms with Crippen LogP contribution in [0.3, 0.4) is 0 Å². The Morgan fingerprint density at radius 1 is 1.04 bits per heavy atom. The van der Waals surface area contributed by atoms with E-state index in [1.54, 1.807) is 6.08 Å². The molecule has 3 nitrogen and oxygen atoms in total. The van der Waals surface area contributed by atoms with Gasteiger partial charge in [-0.25, -0.2) is 4.98 Å². The standard InChI is InChI=1S/C23H24N2OS/c1-16-5-10-18(11-6-16)20-15-27-22(24-20)25-21(26)14-9-17-7-12-19(13-8-17)23(2,3)4/h5-15H,1-4H3,(H,24,25,26)/b14-9+. The third-order valence-electron chi connectivity index (χ3n) is 4.29.